The minimum atomic E-state index is -0.442. The second-order valence-corrected chi connectivity index (χ2v) is 7.04. The molecular weight excluding hydrogens is 275 g/mol. The first-order chi connectivity index (χ1) is 10.8. The summed E-state index contributed by atoms with van der Waals surface area (Å²) >= 11 is 0. The summed E-state index contributed by atoms with van der Waals surface area (Å²) < 4.78 is 18.7. The van der Waals surface area contributed by atoms with Gasteiger partial charge in [-0.1, -0.05) is 58.8 Å². The predicted molar refractivity (Wildman–Crippen MR) is 91.7 cm³/mol. The Labute approximate surface area is 137 Å². The molecule has 2 aliphatic rings. The van der Waals surface area contributed by atoms with Crippen molar-refractivity contribution in [3.63, 3.8) is 0 Å². The van der Waals surface area contributed by atoms with Gasteiger partial charge in [-0.2, -0.15) is 0 Å². The molecule has 0 N–H and O–H groups in total. The average molecular weight is 310 g/mol. The van der Waals surface area contributed by atoms with Gasteiger partial charge in [0.25, 0.3) is 0 Å². The van der Waals surface area contributed by atoms with Crippen molar-refractivity contribution in [2.24, 2.45) is 0 Å². The molecule has 0 radical (unpaired) electrons. The zero-order chi connectivity index (χ0) is 15.6. The van der Waals surface area contributed by atoms with Crippen LogP contribution in [0.1, 0.15) is 97.3 Å². The van der Waals surface area contributed by atoms with Crippen LogP contribution in [0.4, 0.5) is 0 Å². The molecule has 4 heteroatoms. The summed E-state index contributed by atoms with van der Waals surface area (Å²) in [5.74, 6) is 0. The minimum absolute atomic E-state index is 0.266. The van der Waals surface area contributed by atoms with Gasteiger partial charge in [-0.25, -0.2) is 0 Å². The molecule has 1 unspecified atom stereocenters. The van der Waals surface area contributed by atoms with Gasteiger partial charge in [-0.05, 0) is 38.5 Å². The van der Waals surface area contributed by atoms with Gasteiger partial charge >= 0.3 is 7.32 Å². The highest BCUT2D eigenvalue weighted by atomic mass is 16.7. The second-order valence-electron chi connectivity index (χ2n) is 7.04. The lowest BCUT2D eigenvalue weighted by Gasteiger charge is -2.31. The Morgan fingerprint density at radius 2 is 1.32 bits per heavy atom. The SMILES string of the molecule is CCCC(CC)OB(OC1CCCCC1)OC1CCCCC1. The normalized spacial score (nSPS) is 22.6. The van der Waals surface area contributed by atoms with E-state index in [9.17, 15) is 0 Å². The molecule has 0 aromatic rings. The molecule has 128 valence electrons. The van der Waals surface area contributed by atoms with Gasteiger partial charge in [-0.3, -0.25) is 0 Å². The number of hydrogen-bond acceptors (Lipinski definition) is 3. The summed E-state index contributed by atoms with van der Waals surface area (Å²) in [6, 6.07) is 0. The largest absolute Gasteiger partial charge is 0.640 e. The first-order valence-electron chi connectivity index (χ1n) is 9.78. The van der Waals surface area contributed by atoms with Crippen molar-refractivity contribution < 1.29 is 14.0 Å². The zero-order valence-corrected chi connectivity index (χ0v) is 14.7. The van der Waals surface area contributed by atoms with Crippen molar-refractivity contribution in [3.8, 4) is 0 Å². The van der Waals surface area contributed by atoms with Crippen LogP contribution in [-0.4, -0.2) is 25.6 Å². The number of rotatable bonds is 9. The fraction of sp³-hybridized carbons (Fsp3) is 1.00. The van der Waals surface area contributed by atoms with Crippen LogP contribution in [0.3, 0.4) is 0 Å². The maximum absolute atomic E-state index is 6.23. The Morgan fingerprint density at radius 3 is 1.73 bits per heavy atom. The third-order valence-electron chi connectivity index (χ3n) is 5.08. The highest BCUT2D eigenvalue weighted by Gasteiger charge is 2.32. The maximum atomic E-state index is 6.23. The Balaban J connectivity index is 1.85. The molecule has 0 amide bonds. The van der Waals surface area contributed by atoms with Crippen LogP contribution in [0.15, 0.2) is 0 Å². The van der Waals surface area contributed by atoms with E-state index in [-0.39, 0.29) is 6.10 Å². The fourth-order valence-corrected chi connectivity index (χ4v) is 3.66. The van der Waals surface area contributed by atoms with Gasteiger partial charge in [0.1, 0.15) is 0 Å². The molecule has 0 aromatic heterocycles. The van der Waals surface area contributed by atoms with Crippen molar-refractivity contribution in [1.29, 1.82) is 0 Å². The molecule has 0 aliphatic heterocycles. The highest BCUT2D eigenvalue weighted by molar-refractivity contribution is 6.36. The Kier molecular flexibility index (Phi) is 8.87. The molecule has 22 heavy (non-hydrogen) atoms. The molecule has 2 fully saturated rings. The van der Waals surface area contributed by atoms with Crippen molar-refractivity contribution >= 4 is 7.32 Å². The van der Waals surface area contributed by atoms with Crippen molar-refractivity contribution in [3.05, 3.63) is 0 Å². The van der Waals surface area contributed by atoms with E-state index in [1.54, 1.807) is 0 Å². The summed E-state index contributed by atoms with van der Waals surface area (Å²) in [6.45, 7) is 4.41. The van der Waals surface area contributed by atoms with E-state index in [0.29, 0.717) is 12.2 Å². The Morgan fingerprint density at radius 1 is 0.818 bits per heavy atom. The fourth-order valence-electron chi connectivity index (χ4n) is 3.66. The smallest absolute Gasteiger partial charge is 0.383 e. The van der Waals surface area contributed by atoms with Gasteiger partial charge in [0, 0.05) is 18.3 Å². The van der Waals surface area contributed by atoms with Crippen LogP contribution in [0.5, 0.6) is 0 Å². The van der Waals surface area contributed by atoms with Gasteiger partial charge in [0.2, 0.25) is 0 Å². The topological polar surface area (TPSA) is 27.7 Å². The van der Waals surface area contributed by atoms with E-state index in [1.807, 2.05) is 0 Å². The van der Waals surface area contributed by atoms with Crippen LogP contribution in [0.25, 0.3) is 0 Å². The van der Waals surface area contributed by atoms with Crippen LogP contribution >= 0.6 is 0 Å². The summed E-state index contributed by atoms with van der Waals surface area (Å²) in [4.78, 5) is 0. The van der Waals surface area contributed by atoms with E-state index < -0.39 is 7.32 Å². The van der Waals surface area contributed by atoms with E-state index >= 15 is 0 Å². The van der Waals surface area contributed by atoms with Crippen molar-refractivity contribution in [1.82, 2.24) is 0 Å². The standard InChI is InChI=1S/C18H35BO3/c1-3-11-16(4-2)20-19(21-17-12-7-5-8-13-17)22-18-14-9-6-10-15-18/h16-18H,3-15H2,1-2H3. The first-order valence-corrected chi connectivity index (χ1v) is 9.78. The molecule has 0 aromatic carbocycles. The van der Waals surface area contributed by atoms with Crippen LogP contribution in [0.2, 0.25) is 0 Å². The van der Waals surface area contributed by atoms with Gasteiger partial charge in [-0.15, -0.1) is 0 Å². The Bertz CT molecular complexity index is 246. The summed E-state index contributed by atoms with van der Waals surface area (Å²) in [7, 11) is -0.442. The van der Waals surface area contributed by atoms with Crippen molar-refractivity contribution in [2.45, 2.75) is 116 Å². The molecule has 2 rings (SSSR count). The minimum Gasteiger partial charge on any atom is -0.383 e. The van der Waals surface area contributed by atoms with E-state index in [1.165, 1.54) is 64.2 Å². The average Bonchev–Trinajstić information content (AvgIpc) is 2.56. The van der Waals surface area contributed by atoms with Crippen LogP contribution in [0, 0.1) is 0 Å². The number of hydrogen-bond donors (Lipinski definition) is 0. The molecule has 0 spiro atoms. The van der Waals surface area contributed by atoms with Crippen LogP contribution in [-0.2, 0) is 14.0 Å². The molecule has 0 bridgehead atoms. The van der Waals surface area contributed by atoms with E-state index in [2.05, 4.69) is 13.8 Å². The monoisotopic (exact) mass is 310 g/mol. The molecule has 0 saturated heterocycles. The second kappa shape index (κ2) is 10.7. The first kappa shape index (κ1) is 18.3. The lowest BCUT2D eigenvalue weighted by atomic mass is 9.95. The molecule has 2 saturated carbocycles. The lowest BCUT2D eigenvalue weighted by molar-refractivity contribution is -0.0109. The maximum Gasteiger partial charge on any atom is 0.640 e. The third-order valence-corrected chi connectivity index (χ3v) is 5.08. The summed E-state index contributed by atoms with van der Waals surface area (Å²) in [6.07, 6.45) is 16.7. The zero-order valence-electron chi connectivity index (χ0n) is 14.7. The van der Waals surface area contributed by atoms with E-state index in [4.69, 9.17) is 14.0 Å². The molecule has 0 heterocycles. The molecule has 2 aliphatic carbocycles. The van der Waals surface area contributed by atoms with Gasteiger partial charge < -0.3 is 14.0 Å². The van der Waals surface area contributed by atoms with Gasteiger partial charge in [0.05, 0.1) is 0 Å². The molecule has 3 nitrogen and oxygen atoms in total. The molecular formula is C18H35BO3. The highest BCUT2D eigenvalue weighted by Crippen LogP contribution is 2.25. The quantitative estimate of drug-likeness (QED) is 0.543. The third kappa shape index (κ3) is 6.60. The van der Waals surface area contributed by atoms with Crippen LogP contribution < -0.4 is 0 Å². The van der Waals surface area contributed by atoms with E-state index in [0.717, 1.165) is 19.3 Å². The predicted octanol–water partition coefficient (Wildman–Crippen LogP) is 5.27. The van der Waals surface area contributed by atoms with Crippen molar-refractivity contribution in [2.75, 3.05) is 0 Å². The summed E-state index contributed by atoms with van der Waals surface area (Å²) in [5.41, 5.74) is 0. The Hall–Kier alpha value is -0.0551. The summed E-state index contributed by atoms with van der Waals surface area (Å²) in [5, 5.41) is 0. The van der Waals surface area contributed by atoms with Gasteiger partial charge in [0.15, 0.2) is 0 Å². The lowest BCUT2D eigenvalue weighted by Crippen LogP contribution is -2.39. The molecule has 1 atom stereocenters.